The maximum Gasteiger partial charge on any atom is 0.418 e. The summed E-state index contributed by atoms with van der Waals surface area (Å²) in [6.45, 7) is -0.707. The maximum atomic E-state index is 14.3. The van der Waals surface area contributed by atoms with E-state index in [0.29, 0.717) is 17.7 Å². The molecule has 0 aromatic carbocycles. The molecule has 3 rings (SSSR count). The molecule has 0 aromatic rings. The van der Waals surface area contributed by atoms with Crippen molar-refractivity contribution in [2.75, 3.05) is 6.54 Å². The molecule has 5 N–H and O–H groups in total. The van der Waals surface area contributed by atoms with E-state index >= 15 is 0 Å². The van der Waals surface area contributed by atoms with Crippen LogP contribution in [0.5, 0.6) is 0 Å². The van der Waals surface area contributed by atoms with Crippen LogP contribution in [0, 0.1) is 5.92 Å². The molecule has 0 radical (unpaired) electrons. The van der Waals surface area contributed by atoms with Crippen molar-refractivity contribution in [1.29, 1.82) is 0 Å². The molecular formula is C13H19F2N5O7S. The Hall–Kier alpha value is -2.10. The van der Waals surface area contributed by atoms with Crippen LogP contribution in [0.4, 0.5) is 13.6 Å². The number of nitrogens with one attached hydrogen (secondary N) is 2. The van der Waals surface area contributed by atoms with Crippen LogP contribution in [-0.2, 0) is 24.3 Å². The Morgan fingerprint density at radius 1 is 1.25 bits per heavy atom. The van der Waals surface area contributed by atoms with E-state index in [1.807, 2.05) is 5.43 Å². The van der Waals surface area contributed by atoms with Gasteiger partial charge in [-0.3, -0.25) is 25.0 Å². The Morgan fingerprint density at radius 2 is 1.89 bits per heavy atom. The number of nitrogens with zero attached hydrogens (tertiary/aromatic N) is 2. The molecule has 158 valence electrons. The zero-order valence-corrected chi connectivity index (χ0v) is 15.2. The standard InChI is InChI=1S/C13H19F2N5O7S/c14-13(15)4-8(11(22)18-17-10(21)6-2-1-3-7(6)16)19-5-9(13)20(12(19)23)27-28(24,25)26/h6-9H,1-5,16H2,(H,17,21)(H,18,22)(H,24,25,26). The third kappa shape index (κ3) is 3.87. The molecule has 2 bridgehead atoms. The summed E-state index contributed by atoms with van der Waals surface area (Å²) in [5.41, 5.74) is 9.91. The number of carbonyl (C=O) groups excluding carboxylic acids is 3. The normalized spacial score (nSPS) is 31.8. The lowest BCUT2D eigenvalue weighted by atomic mass is 9.96. The summed E-state index contributed by atoms with van der Waals surface area (Å²) < 4.78 is 62.9. The number of fused-ring (bicyclic) bond motifs is 2. The summed E-state index contributed by atoms with van der Waals surface area (Å²) in [6.07, 6.45) is 0.793. The molecule has 4 amide bonds. The van der Waals surface area contributed by atoms with Crippen molar-refractivity contribution in [3.8, 4) is 0 Å². The van der Waals surface area contributed by atoms with Crippen LogP contribution in [0.25, 0.3) is 0 Å². The zero-order chi connectivity index (χ0) is 20.9. The summed E-state index contributed by atoms with van der Waals surface area (Å²) in [5, 5.41) is -0.168. The molecule has 0 aromatic heterocycles. The number of amides is 4. The lowest BCUT2D eigenvalue weighted by Gasteiger charge is -2.34. The second-order valence-electron chi connectivity index (χ2n) is 6.94. The SMILES string of the molecule is NC1CCCC1C(=O)NNC(=O)C1CC(F)(F)C2CN1C(=O)N2OS(=O)(=O)O. The van der Waals surface area contributed by atoms with Crippen LogP contribution in [-0.4, -0.2) is 71.4 Å². The van der Waals surface area contributed by atoms with E-state index < -0.39 is 65.1 Å². The van der Waals surface area contributed by atoms with Gasteiger partial charge in [0.05, 0.1) is 12.5 Å². The highest BCUT2D eigenvalue weighted by atomic mass is 32.3. The van der Waals surface area contributed by atoms with E-state index in [2.05, 4.69) is 9.71 Å². The van der Waals surface area contributed by atoms with E-state index in [0.717, 1.165) is 6.42 Å². The van der Waals surface area contributed by atoms with Crippen molar-refractivity contribution in [1.82, 2.24) is 20.8 Å². The molecule has 3 aliphatic rings. The van der Waals surface area contributed by atoms with E-state index in [1.54, 1.807) is 0 Å². The van der Waals surface area contributed by atoms with Crippen LogP contribution in [0.2, 0.25) is 0 Å². The van der Waals surface area contributed by atoms with Gasteiger partial charge in [0, 0.05) is 12.5 Å². The largest absolute Gasteiger partial charge is 0.418 e. The van der Waals surface area contributed by atoms with Crippen molar-refractivity contribution < 1.29 is 40.4 Å². The molecule has 0 spiro atoms. The van der Waals surface area contributed by atoms with E-state index in [1.165, 1.54) is 0 Å². The summed E-state index contributed by atoms with van der Waals surface area (Å²) >= 11 is 0. The van der Waals surface area contributed by atoms with Crippen molar-refractivity contribution in [2.24, 2.45) is 11.7 Å². The molecule has 1 aliphatic carbocycles. The monoisotopic (exact) mass is 427 g/mol. The van der Waals surface area contributed by atoms with Crippen molar-refractivity contribution >= 4 is 28.2 Å². The molecule has 4 unspecified atom stereocenters. The number of hydrogen-bond acceptors (Lipinski definition) is 7. The molecule has 15 heteroatoms. The van der Waals surface area contributed by atoms with Crippen molar-refractivity contribution in [2.45, 2.75) is 49.7 Å². The fourth-order valence-electron chi connectivity index (χ4n) is 3.70. The highest BCUT2D eigenvalue weighted by Crippen LogP contribution is 2.41. The summed E-state index contributed by atoms with van der Waals surface area (Å²) in [6, 6.07) is -5.39. The predicted octanol–water partition coefficient (Wildman–Crippen LogP) is -1.49. The first-order valence-corrected chi connectivity index (χ1v) is 9.77. The molecular weight excluding hydrogens is 408 g/mol. The summed E-state index contributed by atoms with van der Waals surface area (Å²) in [7, 11) is -5.23. The molecule has 2 saturated heterocycles. The quantitative estimate of drug-likeness (QED) is 0.310. The minimum atomic E-state index is -5.23. The van der Waals surface area contributed by atoms with Gasteiger partial charge >= 0.3 is 16.4 Å². The Kier molecular flexibility index (Phi) is 5.20. The van der Waals surface area contributed by atoms with E-state index in [4.69, 9.17) is 10.3 Å². The number of carbonyl (C=O) groups is 3. The highest BCUT2D eigenvalue weighted by Gasteiger charge is 2.62. The number of rotatable bonds is 4. The third-order valence-corrected chi connectivity index (χ3v) is 5.46. The lowest BCUT2D eigenvalue weighted by Crippen LogP contribution is -2.59. The Morgan fingerprint density at radius 3 is 2.46 bits per heavy atom. The highest BCUT2D eigenvalue weighted by molar-refractivity contribution is 7.80. The first kappa shape index (κ1) is 20.6. The van der Waals surface area contributed by atoms with Gasteiger partial charge in [-0.15, -0.1) is 4.28 Å². The molecule has 28 heavy (non-hydrogen) atoms. The number of hydrazine groups is 1. The first-order chi connectivity index (χ1) is 12.9. The molecule has 1 saturated carbocycles. The van der Waals surface area contributed by atoms with E-state index in [9.17, 15) is 31.6 Å². The number of nitrogens with two attached hydrogens (primary N) is 1. The number of alkyl halides is 2. The smallest absolute Gasteiger partial charge is 0.327 e. The van der Waals surface area contributed by atoms with Gasteiger partial charge in [0.2, 0.25) is 5.91 Å². The zero-order valence-electron chi connectivity index (χ0n) is 14.4. The van der Waals surface area contributed by atoms with Crippen molar-refractivity contribution in [3.05, 3.63) is 0 Å². The maximum absolute atomic E-state index is 14.3. The van der Waals surface area contributed by atoms with Crippen LogP contribution in [0.15, 0.2) is 0 Å². The number of halogens is 2. The topological polar surface area (TPSA) is 171 Å². The van der Waals surface area contributed by atoms with E-state index in [-0.39, 0.29) is 11.1 Å². The van der Waals surface area contributed by atoms with Crippen LogP contribution in [0.1, 0.15) is 25.7 Å². The second kappa shape index (κ2) is 7.06. The number of piperidine rings is 1. The molecule has 4 atom stereocenters. The Labute approximate surface area is 158 Å². The first-order valence-electron chi connectivity index (χ1n) is 8.40. The van der Waals surface area contributed by atoms with Gasteiger partial charge in [-0.05, 0) is 12.8 Å². The van der Waals surface area contributed by atoms with Gasteiger partial charge in [0.25, 0.3) is 11.8 Å². The fraction of sp³-hybridized carbons (Fsp3) is 0.769. The average Bonchev–Trinajstić information content (AvgIpc) is 3.12. The van der Waals surface area contributed by atoms with Gasteiger partial charge in [0.1, 0.15) is 12.1 Å². The Balaban J connectivity index is 1.68. The fourth-order valence-corrected chi connectivity index (χ4v) is 4.07. The van der Waals surface area contributed by atoms with Gasteiger partial charge in [0.15, 0.2) is 0 Å². The Bertz CT molecular complexity index is 794. The number of hydrogen-bond donors (Lipinski definition) is 4. The van der Waals surface area contributed by atoms with Gasteiger partial charge in [-0.1, -0.05) is 6.42 Å². The van der Waals surface area contributed by atoms with Gasteiger partial charge < -0.3 is 10.6 Å². The minimum absolute atomic E-state index is 0.168. The molecule has 2 heterocycles. The predicted molar refractivity (Wildman–Crippen MR) is 85.3 cm³/mol. The van der Waals surface area contributed by atoms with Crippen LogP contribution < -0.4 is 16.6 Å². The van der Waals surface area contributed by atoms with Crippen LogP contribution in [0.3, 0.4) is 0 Å². The number of urea groups is 1. The molecule has 2 aliphatic heterocycles. The average molecular weight is 427 g/mol. The summed E-state index contributed by atoms with van der Waals surface area (Å²) in [4.78, 5) is 37.2. The van der Waals surface area contributed by atoms with Crippen molar-refractivity contribution in [3.63, 3.8) is 0 Å². The molecule has 3 fully saturated rings. The minimum Gasteiger partial charge on any atom is -0.327 e. The van der Waals surface area contributed by atoms with Crippen LogP contribution >= 0.6 is 0 Å². The third-order valence-electron chi connectivity index (χ3n) is 5.11. The number of hydroxylamine groups is 2. The molecule has 12 nitrogen and oxygen atoms in total. The van der Waals surface area contributed by atoms with Gasteiger partial charge in [-0.25, -0.2) is 13.6 Å². The summed E-state index contributed by atoms with van der Waals surface area (Å²) in [5.74, 6) is -5.86. The lowest BCUT2D eigenvalue weighted by molar-refractivity contribution is -0.154. The van der Waals surface area contributed by atoms with Gasteiger partial charge in [-0.2, -0.15) is 13.5 Å². The second-order valence-corrected chi connectivity index (χ2v) is 7.94.